The van der Waals surface area contributed by atoms with Crippen molar-refractivity contribution in [3.8, 4) is 5.69 Å². The van der Waals surface area contributed by atoms with Gasteiger partial charge in [-0.25, -0.2) is 9.59 Å². The van der Waals surface area contributed by atoms with Crippen molar-refractivity contribution < 1.29 is 14.3 Å². The zero-order valence-electron chi connectivity index (χ0n) is 20.4. The number of rotatable bonds is 9. The Morgan fingerprint density at radius 2 is 1.78 bits per heavy atom. The summed E-state index contributed by atoms with van der Waals surface area (Å²) in [6, 6.07) is 21.8. The van der Waals surface area contributed by atoms with Gasteiger partial charge in [0.05, 0.1) is 24.4 Å². The van der Waals surface area contributed by atoms with E-state index in [4.69, 9.17) is 16.3 Å². The number of hydrogen-bond donors (Lipinski definition) is 2. The number of thioether (sulfide) groups is 1. The molecule has 4 rings (SSSR count). The monoisotopic (exact) mass is 535 g/mol. The van der Waals surface area contributed by atoms with Crippen LogP contribution in [0.1, 0.15) is 34.2 Å². The molecule has 0 aliphatic rings. The van der Waals surface area contributed by atoms with E-state index < -0.39 is 12.0 Å². The molecule has 0 spiro atoms. The minimum absolute atomic E-state index is 0.137. The predicted octanol–water partition coefficient (Wildman–Crippen LogP) is 6.02. The van der Waals surface area contributed by atoms with E-state index >= 15 is 0 Å². The van der Waals surface area contributed by atoms with E-state index in [0.717, 1.165) is 16.8 Å². The van der Waals surface area contributed by atoms with Crippen LogP contribution in [-0.2, 0) is 17.0 Å². The molecule has 8 nitrogen and oxygen atoms in total. The number of aromatic nitrogens is 3. The molecule has 1 aromatic heterocycles. The molecular formula is C27H26ClN5O3S. The lowest BCUT2D eigenvalue weighted by Gasteiger charge is -2.14. The summed E-state index contributed by atoms with van der Waals surface area (Å²) in [7, 11) is 0. The molecule has 10 heteroatoms. The van der Waals surface area contributed by atoms with Gasteiger partial charge in [0.15, 0.2) is 11.0 Å². The van der Waals surface area contributed by atoms with Crippen LogP contribution in [0, 0.1) is 6.92 Å². The normalized spacial score (nSPS) is 10.7. The van der Waals surface area contributed by atoms with Crippen molar-refractivity contribution in [1.82, 2.24) is 20.1 Å². The fraction of sp³-hybridized carbons (Fsp3) is 0.185. The Balaban J connectivity index is 1.48. The number of carbonyl (C=O) groups excluding carboxylic acids is 2. The van der Waals surface area contributed by atoms with E-state index in [-0.39, 0.29) is 6.54 Å². The van der Waals surface area contributed by atoms with Crippen LogP contribution in [0.25, 0.3) is 5.69 Å². The molecule has 1 heterocycles. The quantitative estimate of drug-likeness (QED) is 0.201. The first-order chi connectivity index (χ1) is 17.9. The molecule has 3 aromatic carbocycles. The van der Waals surface area contributed by atoms with Gasteiger partial charge in [-0.1, -0.05) is 59.8 Å². The lowest BCUT2D eigenvalue weighted by atomic mass is 10.2. The highest BCUT2D eigenvalue weighted by Crippen LogP contribution is 2.28. The standard InChI is InChI=1S/C27H26ClN5O3S/c1-3-36-25(34)20-10-13-22(14-11-20)30-26(35)29-16-24-31-32-27(37-17-19-7-5-4-6-8-19)33(24)23-15-21(28)12-9-18(23)2/h4-15H,3,16-17H2,1-2H3,(H2,29,30,35). The Morgan fingerprint density at radius 3 is 2.51 bits per heavy atom. The number of ether oxygens (including phenoxy) is 1. The first-order valence-electron chi connectivity index (χ1n) is 11.6. The highest BCUT2D eigenvalue weighted by Gasteiger charge is 2.17. The van der Waals surface area contributed by atoms with Crippen LogP contribution in [0.5, 0.6) is 0 Å². The molecule has 0 aliphatic heterocycles. The number of nitrogens with zero attached hydrogens (tertiary/aromatic N) is 3. The van der Waals surface area contributed by atoms with E-state index in [1.54, 1.807) is 43.0 Å². The summed E-state index contributed by atoms with van der Waals surface area (Å²) in [6.45, 7) is 4.17. The number of anilines is 1. The highest BCUT2D eigenvalue weighted by molar-refractivity contribution is 7.98. The molecule has 0 aliphatic carbocycles. The summed E-state index contributed by atoms with van der Waals surface area (Å²) < 4.78 is 6.90. The smallest absolute Gasteiger partial charge is 0.338 e. The second kappa shape index (κ2) is 12.4. The van der Waals surface area contributed by atoms with Crippen molar-refractivity contribution in [1.29, 1.82) is 0 Å². The number of carbonyl (C=O) groups is 2. The van der Waals surface area contributed by atoms with Gasteiger partial charge in [-0.3, -0.25) is 4.57 Å². The van der Waals surface area contributed by atoms with Gasteiger partial charge in [0.2, 0.25) is 0 Å². The van der Waals surface area contributed by atoms with Crippen LogP contribution in [0.3, 0.4) is 0 Å². The fourth-order valence-corrected chi connectivity index (χ4v) is 4.62. The molecule has 0 bridgehead atoms. The Morgan fingerprint density at radius 1 is 1.03 bits per heavy atom. The van der Waals surface area contributed by atoms with E-state index in [0.29, 0.717) is 39.6 Å². The Hall–Kier alpha value is -3.82. The average Bonchev–Trinajstić information content (AvgIpc) is 3.31. The maximum atomic E-state index is 12.6. The second-order valence-electron chi connectivity index (χ2n) is 8.04. The molecule has 0 radical (unpaired) electrons. The zero-order valence-corrected chi connectivity index (χ0v) is 22.0. The van der Waals surface area contributed by atoms with Gasteiger partial charge >= 0.3 is 12.0 Å². The molecule has 4 aromatic rings. The topological polar surface area (TPSA) is 98.1 Å². The molecule has 2 N–H and O–H groups in total. The van der Waals surface area contributed by atoms with Gasteiger partial charge in [-0.15, -0.1) is 10.2 Å². The van der Waals surface area contributed by atoms with Crippen molar-refractivity contribution in [3.05, 3.63) is 100 Å². The first-order valence-corrected chi connectivity index (χ1v) is 13.0. The summed E-state index contributed by atoms with van der Waals surface area (Å²) in [6.07, 6.45) is 0. The van der Waals surface area contributed by atoms with E-state index in [1.807, 2.05) is 47.9 Å². The minimum Gasteiger partial charge on any atom is -0.462 e. The molecule has 0 saturated heterocycles. The van der Waals surface area contributed by atoms with Crippen LogP contribution < -0.4 is 10.6 Å². The SMILES string of the molecule is CCOC(=O)c1ccc(NC(=O)NCc2nnc(SCc3ccccc3)n2-c2cc(Cl)ccc2C)cc1. The molecule has 0 unspecified atom stereocenters. The Labute approximate surface area is 224 Å². The summed E-state index contributed by atoms with van der Waals surface area (Å²) in [5.74, 6) is 0.873. The van der Waals surface area contributed by atoms with Crippen molar-refractivity contribution in [2.75, 3.05) is 11.9 Å². The maximum Gasteiger partial charge on any atom is 0.338 e. The summed E-state index contributed by atoms with van der Waals surface area (Å²) >= 11 is 7.86. The minimum atomic E-state index is -0.417. The van der Waals surface area contributed by atoms with Gasteiger partial charge in [0, 0.05) is 16.5 Å². The average molecular weight is 536 g/mol. The van der Waals surface area contributed by atoms with Crippen LogP contribution in [0.2, 0.25) is 5.02 Å². The van der Waals surface area contributed by atoms with E-state index in [9.17, 15) is 9.59 Å². The third-order valence-electron chi connectivity index (χ3n) is 5.38. The van der Waals surface area contributed by atoms with Crippen molar-refractivity contribution in [2.45, 2.75) is 31.3 Å². The third kappa shape index (κ3) is 6.90. The van der Waals surface area contributed by atoms with Crippen LogP contribution in [0.4, 0.5) is 10.5 Å². The van der Waals surface area contributed by atoms with Crippen LogP contribution in [0.15, 0.2) is 78.0 Å². The molecule has 2 amide bonds. The summed E-state index contributed by atoms with van der Waals surface area (Å²) in [5, 5.41) is 15.6. The van der Waals surface area contributed by atoms with E-state index in [2.05, 4.69) is 33.0 Å². The van der Waals surface area contributed by atoms with Crippen LogP contribution in [-0.4, -0.2) is 33.4 Å². The van der Waals surface area contributed by atoms with Crippen molar-refractivity contribution >= 4 is 41.1 Å². The summed E-state index contributed by atoms with van der Waals surface area (Å²) in [4.78, 5) is 24.4. The fourth-order valence-electron chi connectivity index (χ4n) is 3.53. The Bertz CT molecular complexity index is 1380. The molecule has 37 heavy (non-hydrogen) atoms. The summed E-state index contributed by atoms with van der Waals surface area (Å²) in [5.41, 5.74) is 3.96. The molecule has 190 valence electrons. The van der Waals surface area contributed by atoms with Gasteiger partial charge in [0.25, 0.3) is 0 Å². The molecular weight excluding hydrogens is 510 g/mol. The number of benzene rings is 3. The number of halogens is 1. The number of aryl methyl sites for hydroxylation is 1. The molecule has 0 fully saturated rings. The zero-order chi connectivity index (χ0) is 26.2. The highest BCUT2D eigenvalue weighted by atomic mass is 35.5. The number of urea groups is 1. The van der Waals surface area contributed by atoms with E-state index in [1.165, 1.54) is 0 Å². The van der Waals surface area contributed by atoms with Gasteiger partial charge in [0.1, 0.15) is 0 Å². The van der Waals surface area contributed by atoms with Crippen molar-refractivity contribution in [2.24, 2.45) is 0 Å². The second-order valence-corrected chi connectivity index (χ2v) is 9.42. The van der Waals surface area contributed by atoms with Crippen LogP contribution >= 0.6 is 23.4 Å². The Kier molecular flexibility index (Phi) is 8.81. The van der Waals surface area contributed by atoms with Gasteiger partial charge < -0.3 is 15.4 Å². The largest absolute Gasteiger partial charge is 0.462 e. The first kappa shape index (κ1) is 26.2. The maximum absolute atomic E-state index is 12.6. The number of nitrogens with one attached hydrogen (secondary N) is 2. The number of hydrogen-bond acceptors (Lipinski definition) is 6. The van der Waals surface area contributed by atoms with Gasteiger partial charge in [-0.2, -0.15) is 0 Å². The lowest BCUT2D eigenvalue weighted by molar-refractivity contribution is 0.0526. The predicted molar refractivity (Wildman–Crippen MR) is 145 cm³/mol. The molecule has 0 atom stereocenters. The third-order valence-corrected chi connectivity index (χ3v) is 6.62. The number of esters is 1. The van der Waals surface area contributed by atoms with Crippen molar-refractivity contribution in [3.63, 3.8) is 0 Å². The van der Waals surface area contributed by atoms with Gasteiger partial charge in [-0.05, 0) is 61.4 Å². The molecule has 0 saturated carbocycles. The lowest BCUT2D eigenvalue weighted by Crippen LogP contribution is -2.29. The number of amides is 2.